The molecule has 5 heterocycles. The molecule has 10 heteroatoms. The lowest BCUT2D eigenvalue weighted by molar-refractivity contribution is -0.132. The van der Waals surface area contributed by atoms with Gasteiger partial charge in [-0.25, -0.2) is 4.79 Å². The van der Waals surface area contributed by atoms with Crippen molar-refractivity contribution in [1.82, 2.24) is 9.80 Å². The summed E-state index contributed by atoms with van der Waals surface area (Å²) in [6, 6.07) is 33.4. The first-order chi connectivity index (χ1) is 33.1. The number of thiophene rings is 1. The highest BCUT2D eigenvalue weighted by atomic mass is 32.1. The molecule has 0 radical (unpaired) electrons. The number of nitrogens with zero attached hydrogens (tertiary/aromatic N) is 4. The van der Waals surface area contributed by atoms with Crippen LogP contribution in [0.4, 0.5) is 11.4 Å². The highest BCUT2D eigenvalue weighted by Gasteiger charge is 2.50. The normalized spacial score (nSPS) is 18.7. The van der Waals surface area contributed by atoms with Gasteiger partial charge in [-0.15, -0.1) is 11.3 Å². The quantitative estimate of drug-likeness (QED) is 0.0647. The second-order valence-electron chi connectivity index (χ2n) is 19.1. The molecule has 2 aromatic heterocycles. The molecule has 0 saturated heterocycles. The Balaban J connectivity index is 1.13. The number of amides is 2. The molecule has 9 nitrogen and oxygen atoms in total. The second kappa shape index (κ2) is 20.0. The maximum atomic E-state index is 15.4. The summed E-state index contributed by atoms with van der Waals surface area (Å²) in [5.41, 5.74) is 9.83. The fourth-order valence-corrected chi connectivity index (χ4v) is 12.0. The van der Waals surface area contributed by atoms with Gasteiger partial charge in [-0.1, -0.05) is 121 Å². The Labute approximate surface area is 405 Å². The Hall–Kier alpha value is -6.44. The van der Waals surface area contributed by atoms with Crippen molar-refractivity contribution in [2.24, 2.45) is 11.8 Å². The Morgan fingerprint density at radius 1 is 0.779 bits per heavy atom. The van der Waals surface area contributed by atoms with Gasteiger partial charge in [0.15, 0.2) is 0 Å². The van der Waals surface area contributed by atoms with Gasteiger partial charge < -0.3 is 24.2 Å². The van der Waals surface area contributed by atoms with Gasteiger partial charge in [0.1, 0.15) is 23.2 Å². The summed E-state index contributed by atoms with van der Waals surface area (Å²) in [6.45, 7) is 12.0. The Morgan fingerprint density at radius 2 is 1.40 bits per heavy atom. The molecule has 350 valence electrons. The fraction of sp³-hybridized carbons (Fsp3) is 0.379. The summed E-state index contributed by atoms with van der Waals surface area (Å²) < 4.78 is 5.96. The molecule has 4 unspecified atom stereocenters. The number of fused-ring (bicyclic) bond motifs is 4. The number of carboxylic acid groups (broad SMARTS) is 1. The van der Waals surface area contributed by atoms with Crippen molar-refractivity contribution in [2.45, 2.75) is 117 Å². The lowest BCUT2D eigenvalue weighted by Gasteiger charge is -2.29. The van der Waals surface area contributed by atoms with E-state index in [1.54, 1.807) is 29.5 Å². The van der Waals surface area contributed by atoms with Crippen LogP contribution in [0.2, 0.25) is 0 Å². The number of hydrogen-bond donors (Lipinski definition) is 1. The van der Waals surface area contributed by atoms with E-state index in [9.17, 15) is 15.2 Å². The molecule has 1 fully saturated rings. The van der Waals surface area contributed by atoms with Crippen LogP contribution in [-0.4, -0.2) is 51.8 Å². The number of nitriles is 1. The van der Waals surface area contributed by atoms with E-state index in [2.05, 4.69) is 94.1 Å². The van der Waals surface area contributed by atoms with Crippen LogP contribution in [0.1, 0.15) is 132 Å². The molecular formula is C58H62N4O5S. The third-order valence-corrected chi connectivity index (χ3v) is 15.9. The molecule has 3 aromatic carbocycles. The van der Waals surface area contributed by atoms with E-state index in [-0.39, 0.29) is 29.4 Å². The number of carbonyl (C=O) groups excluding carboxylic acids is 2. The lowest BCUT2D eigenvalue weighted by Crippen LogP contribution is -2.34. The summed E-state index contributed by atoms with van der Waals surface area (Å²) in [6.07, 6.45) is 12.9. The molecule has 4 aliphatic rings. The Bertz CT molecular complexity index is 2860. The molecular weight excluding hydrogens is 865 g/mol. The van der Waals surface area contributed by atoms with E-state index in [0.717, 1.165) is 83.5 Å². The first-order valence-corrected chi connectivity index (χ1v) is 25.7. The molecule has 0 bridgehead atoms. The number of aryl methyl sites for hydroxylation is 1. The van der Waals surface area contributed by atoms with Crippen LogP contribution in [0, 0.1) is 30.1 Å². The van der Waals surface area contributed by atoms with Crippen LogP contribution >= 0.6 is 11.3 Å². The van der Waals surface area contributed by atoms with Crippen LogP contribution in [0.25, 0.3) is 39.2 Å². The molecule has 1 aliphatic carbocycles. The van der Waals surface area contributed by atoms with Gasteiger partial charge >= 0.3 is 5.97 Å². The molecule has 9 rings (SSSR count). The van der Waals surface area contributed by atoms with Crippen molar-refractivity contribution < 1.29 is 23.9 Å². The van der Waals surface area contributed by atoms with Crippen LogP contribution < -0.4 is 4.90 Å². The van der Waals surface area contributed by atoms with Crippen LogP contribution in [0.3, 0.4) is 0 Å². The number of hydrogen-bond acceptors (Lipinski definition) is 7. The zero-order chi connectivity index (χ0) is 47.6. The number of aliphatic carboxylic acids is 1. The highest BCUT2D eigenvalue weighted by molar-refractivity contribution is 7.16. The van der Waals surface area contributed by atoms with E-state index >= 15 is 9.59 Å². The summed E-state index contributed by atoms with van der Waals surface area (Å²) in [5.74, 6) is 0.208. The van der Waals surface area contributed by atoms with Gasteiger partial charge in [0, 0.05) is 52.9 Å². The molecule has 3 aliphatic heterocycles. The maximum absolute atomic E-state index is 15.4. The van der Waals surface area contributed by atoms with E-state index < -0.39 is 11.5 Å². The summed E-state index contributed by atoms with van der Waals surface area (Å²) in [7, 11) is 0. The van der Waals surface area contributed by atoms with E-state index in [1.165, 1.54) is 47.8 Å². The van der Waals surface area contributed by atoms with Gasteiger partial charge in [-0.2, -0.15) is 5.26 Å². The minimum Gasteiger partial charge on any atom is -0.477 e. The minimum absolute atomic E-state index is 0.119. The topological polar surface area (TPSA) is 118 Å². The van der Waals surface area contributed by atoms with E-state index in [4.69, 9.17) is 4.42 Å². The number of benzene rings is 3. The summed E-state index contributed by atoms with van der Waals surface area (Å²) >= 11 is 1.67. The predicted molar refractivity (Wildman–Crippen MR) is 273 cm³/mol. The zero-order valence-electron chi connectivity index (χ0n) is 40.0. The largest absolute Gasteiger partial charge is 0.477 e. The third-order valence-electron chi connectivity index (χ3n) is 14.8. The SMILES string of the molecule is CCCCC(CC)CN1C(=O)C2=C(c3ccc(-c4ccc5c(c4)C4CCCC4N5c4ccc(C)cc4)s3)N(CC(CC)CCCC)C(=O)C2=C1c1ccc(-c2ccc(/C=C(\C#N)C(=O)O)o2)cc1. The smallest absolute Gasteiger partial charge is 0.346 e. The number of rotatable bonds is 19. The number of unbranched alkanes of at least 4 members (excludes halogenated alkanes) is 2. The van der Waals surface area contributed by atoms with E-state index in [0.29, 0.717) is 47.7 Å². The zero-order valence-corrected chi connectivity index (χ0v) is 40.8. The first-order valence-electron chi connectivity index (χ1n) is 24.9. The van der Waals surface area contributed by atoms with Gasteiger partial charge in [-0.3, -0.25) is 9.59 Å². The average molecular weight is 927 g/mol. The number of furan rings is 1. The van der Waals surface area contributed by atoms with Gasteiger partial charge in [-0.05, 0) is 110 Å². The third kappa shape index (κ3) is 8.78. The van der Waals surface area contributed by atoms with Crippen molar-refractivity contribution in [2.75, 3.05) is 18.0 Å². The Kier molecular flexibility index (Phi) is 13.7. The van der Waals surface area contributed by atoms with Crippen molar-refractivity contribution in [3.63, 3.8) is 0 Å². The molecule has 2 amide bonds. The lowest BCUT2D eigenvalue weighted by atomic mass is 9.95. The molecule has 1 N–H and O–H groups in total. The van der Waals surface area contributed by atoms with Gasteiger partial charge in [0.25, 0.3) is 11.8 Å². The van der Waals surface area contributed by atoms with Gasteiger partial charge in [0.05, 0.1) is 27.4 Å². The van der Waals surface area contributed by atoms with Crippen molar-refractivity contribution in [3.8, 4) is 27.8 Å². The maximum Gasteiger partial charge on any atom is 0.346 e. The minimum atomic E-state index is -1.32. The monoisotopic (exact) mass is 926 g/mol. The highest BCUT2D eigenvalue weighted by Crippen LogP contribution is 2.54. The Morgan fingerprint density at radius 3 is 2.03 bits per heavy atom. The number of carboxylic acids is 1. The van der Waals surface area contributed by atoms with Gasteiger partial charge in [0.2, 0.25) is 0 Å². The van der Waals surface area contributed by atoms with Crippen LogP contribution in [0.15, 0.2) is 112 Å². The second-order valence-corrected chi connectivity index (χ2v) is 20.2. The van der Waals surface area contributed by atoms with E-state index in [1.807, 2.05) is 34.1 Å². The fourth-order valence-electron chi connectivity index (χ4n) is 11.0. The standard InChI is InChI=1S/C58H62N4O5S/c1-6-10-13-37(8-3)34-60-54(40-21-19-39(20-22-40)49-28-26-44(67-49)31-42(33-59)58(65)66)52-53(57(60)64)55(61(56(52)63)35-38(9-4)14-11-7-2)51-30-29-50(68-51)41-23-27-48-46(32-41)45-15-12-16-47(45)62(48)43-24-17-36(5)18-25-43/h17-32,37-38,45,47H,6-16,34-35H2,1-5H3,(H,65,66)/b42-31+. The molecule has 68 heavy (non-hydrogen) atoms. The molecule has 1 saturated carbocycles. The van der Waals surface area contributed by atoms with Crippen LogP contribution in [-0.2, 0) is 14.4 Å². The summed E-state index contributed by atoms with van der Waals surface area (Å²) in [4.78, 5) is 50.7. The van der Waals surface area contributed by atoms with Crippen molar-refractivity contribution in [3.05, 3.63) is 135 Å². The molecule has 0 spiro atoms. The predicted octanol–water partition coefficient (Wildman–Crippen LogP) is 14.0. The first kappa shape index (κ1) is 46.7. The van der Waals surface area contributed by atoms with Crippen molar-refractivity contribution in [1.29, 1.82) is 5.26 Å². The number of carbonyl (C=O) groups is 3. The van der Waals surface area contributed by atoms with Crippen LogP contribution in [0.5, 0.6) is 0 Å². The van der Waals surface area contributed by atoms with Crippen molar-refractivity contribution >= 4 is 58.0 Å². The molecule has 5 aromatic rings. The molecule has 4 atom stereocenters. The summed E-state index contributed by atoms with van der Waals surface area (Å²) in [5, 5.41) is 18.6. The number of anilines is 2. The average Bonchev–Trinajstić information content (AvgIpc) is 4.23.